The van der Waals surface area contributed by atoms with Crippen LogP contribution in [0.15, 0.2) is 0 Å². The summed E-state index contributed by atoms with van der Waals surface area (Å²) in [4.78, 5) is 11.6. The van der Waals surface area contributed by atoms with E-state index in [1.54, 1.807) is 13.8 Å². The highest BCUT2D eigenvalue weighted by molar-refractivity contribution is 9.09. The van der Waals surface area contributed by atoms with Crippen LogP contribution in [-0.4, -0.2) is 41.6 Å². The summed E-state index contributed by atoms with van der Waals surface area (Å²) in [6.45, 7) is 5.32. The van der Waals surface area contributed by atoms with Crippen LogP contribution in [0.5, 0.6) is 0 Å². The van der Waals surface area contributed by atoms with E-state index >= 15 is 0 Å². The van der Waals surface area contributed by atoms with Crippen LogP contribution in [0.3, 0.4) is 0 Å². The van der Waals surface area contributed by atoms with Gasteiger partial charge in [0.2, 0.25) is 5.79 Å². The second kappa shape index (κ2) is 7.05. The summed E-state index contributed by atoms with van der Waals surface area (Å²) in [7, 11) is 0. The van der Waals surface area contributed by atoms with Crippen LogP contribution in [0.1, 0.15) is 52.9 Å². The Hall–Kier alpha value is 0.0700. The molecule has 4 heterocycles. The molecule has 0 aromatic carbocycles. The molecule has 0 radical (unpaired) electrons. The zero-order chi connectivity index (χ0) is 20.4. The Bertz CT molecular complexity index is 607. The average molecular weight is 473 g/mol. The molecule has 4 saturated heterocycles. The number of hydrogen-bond donors (Lipinski definition) is 0. The van der Waals surface area contributed by atoms with E-state index in [0.717, 1.165) is 12.8 Å². The maximum Gasteiger partial charge on any atom is 0.443 e. The molecule has 5 fully saturated rings. The first-order valence-electron chi connectivity index (χ1n) is 10.1. The van der Waals surface area contributed by atoms with Gasteiger partial charge in [0.15, 0.2) is 11.9 Å². The molecule has 8 unspecified atom stereocenters. The van der Waals surface area contributed by atoms with Crippen LogP contribution in [0, 0.1) is 23.7 Å². The monoisotopic (exact) mass is 472 g/mol. The van der Waals surface area contributed by atoms with Gasteiger partial charge < -0.3 is 14.2 Å². The molecule has 0 amide bonds. The molecule has 8 atom stereocenters. The fourth-order valence-corrected chi connectivity index (χ4v) is 6.00. The van der Waals surface area contributed by atoms with Gasteiger partial charge in [-0.3, -0.25) is 0 Å². The van der Waals surface area contributed by atoms with Crippen LogP contribution in [-0.2, 0) is 24.0 Å². The summed E-state index contributed by atoms with van der Waals surface area (Å²) in [6.07, 6.45) is -2.70. The molecule has 0 aromatic heterocycles. The third-order valence-corrected chi connectivity index (χ3v) is 7.81. The van der Waals surface area contributed by atoms with Crippen molar-refractivity contribution >= 4 is 15.9 Å². The SMILES string of the molecule is CC1CCC2C(C)C(OCCCBr)(C(F)(F)F)OC3OC4(C)CCC1C32OO4. The predicted molar refractivity (Wildman–Crippen MR) is 96.2 cm³/mol. The lowest BCUT2D eigenvalue weighted by Gasteiger charge is -2.62. The molecule has 9 heteroatoms. The Kier molecular flexibility index (Phi) is 5.37. The number of rotatable bonds is 4. The highest BCUT2D eigenvalue weighted by Gasteiger charge is 2.77. The summed E-state index contributed by atoms with van der Waals surface area (Å²) in [5.74, 6) is -4.94. The number of ether oxygens (including phenoxy) is 3. The molecule has 1 spiro atoms. The second-order valence-corrected chi connectivity index (χ2v) is 9.67. The summed E-state index contributed by atoms with van der Waals surface area (Å²) < 4.78 is 60.4. The lowest BCUT2D eigenvalue weighted by molar-refractivity contribution is -0.598. The highest BCUT2D eigenvalue weighted by atomic mass is 79.9. The van der Waals surface area contributed by atoms with E-state index in [0.29, 0.717) is 24.6 Å². The van der Waals surface area contributed by atoms with Gasteiger partial charge in [-0.15, -0.1) is 0 Å². The third-order valence-electron chi connectivity index (χ3n) is 7.25. The predicted octanol–water partition coefficient (Wildman–Crippen LogP) is 4.93. The molecule has 1 aliphatic carbocycles. The van der Waals surface area contributed by atoms with Crippen LogP contribution < -0.4 is 0 Å². The highest BCUT2D eigenvalue weighted by Crippen LogP contribution is 2.64. The van der Waals surface area contributed by atoms with Gasteiger partial charge in [-0.05, 0) is 44.4 Å². The minimum atomic E-state index is -4.70. The van der Waals surface area contributed by atoms with E-state index in [4.69, 9.17) is 24.0 Å². The van der Waals surface area contributed by atoms with Crippen molar-refractivity contribution in [2.45, 2.75) is 82.5 Å². The largest absolute Gasteiger partial charge is 0.443 e. The van der Waals surface area contributed by atoms with E-state index in [9.17, 15) is 13.2 Å². The Morgan fingerprint density at radius 1 is 1.07 bits per heavy atom. The minimum Gasteiger partial charge on any atom is -0.342 e. The summed E-state index contributed by atoms with van der Waals surface area (Å²) in [6, 6.07) is 0. The van der Waals surface area contributed by atoms with Crippen LogP contribution >= 0.6 is 15.9 Å². The van der Waals surface area contributed by atoms with Crippen molar-refractivity contribution in [3.05, 3.63) is 0 Å². The van der Waals surface area contributed by atoms with E-state index in [1.807, 2.05) is 0 Å². The molecule has 5 nitrogen and oxygen atoms in total. The van der Waals surface area contributed by atoms with E-state index < -0.39 is 41.5 Å². The van der Waals surface area contributed by atoms with Gasteiger partial charge in [0.25, 0.3) is 5.79 Å². The zero-order valence-corrected chi connectivity index (χ0v) is 18.0. The second-order valence-electron chi connectivity index (χ2n) is 8.87. The van der Waals surface area contributed by atoms with Crippen molar-refractivity contribution in [1.29, 1.82) is 0 Å². The van der Waals surface area contributed by atoms with E-state index in [-0.39, 0.29) is 18.4 Å². The van der Waals surface area contributed by atoms with Gasteiger partial charge in [-0.1, -0.05) is 29.8 Å². The Morgan fingerprint density at radius 3 is 2.50 bits per heavy atom. The summed E-state index contributed by atoms with van der Waals surface area (Å²) in [5.41, 5.74) is -1.04. The standard InChI is InChI=1S/C19H28BrF3O5/c1-11-5-6-14-12(2)18(19(21,22)23,24-10-4-9-20)26-15-17(14)13(11)7-8-16(3,25-15)27-28-17/h11-15H,4-10H2,1-3H3. The fourth-order valence-electron chi connectivity index (χ4n) is 5.77. The molecule has 0 aromatic rings. The number of fused-ring (bicyclic) bond motifs is 2. The molecule has 1 saturated carbocycles. The quantitative estimate of drug-likeness (QED) is 0.329. The molecule has 4 aliphatic heterocycles. The van der Waals surface area contributed by atoms with Crippen molar-refractivity contribution in [3.63, 3.8) is 0 Å². The molecule has 0 N–H and O–H groups in total. The van der Waals surface area contributed by atoms with Crippen molar-refractivity contribution < 1.29 is 37.2 Å². The fraction of sp³-hybridized carbons (Fsp3) is 1.00. The first-order chi connectivity index (χ1) is 13.1. The van der Waals surface area contributed by atoms with Crippen molar-refractivity contribution in [3.8, 4) is 0 Å². The molecule has 5 aliphatic rings. The van der Waals surface area contributed by atoms with Gasteiger partial charge in [-0.2, -0.15) is 13.2 Å². The van der Waals surface area contributed by atoms with E-state index in [1.165, 1.54) is 0 Å². The van der Waals surface area contributed by atoms with E-state index in [2.05, 4.69) is 22.9 Å². The first kappa shape index (κ1) is 21.3. The average Bonchev–Trinajstić information content (AvgIpc) is 2.84. The molecule has 2 bridgehead atoms. The molecule has 5 rings (SSSR count). The van der Waals surface area contributed by atoms with Gasteiger partial charge >= 0.3 is 6.18 Å². The number of alkyl halides is 4. The topological polar surface area (TPSA) is 46.2 Å². The van der Waals surface area contributed by atoms with Gasteiger partial charge in [0.1, 0.15) is 0 Å². The van der Waals surface area contributed by atoms with Crippen molar-refractivity contribution in [1.82, 2.24) is 0 Å². The molecular weight excluding hydrogens is 445 g/mol. The molecule has 162 valence electrons. The minimum absolute atomic E-state index is 0.0109. The molecule has 28 heavy (non-hydrogen) atoms. The summed E-state index contributed by atoms with van der Waals surface area (Å²) in [5, 5.41) is 0.553. The van der Waals surface area contributed by atoms with Gasteiger partial charge in [0, 0.05) is 23.6 Å². The third kappa shape index (κ3) is 2.91. The van der Waals surface area contributed by atoms with Crippen LogP contribution in [0.2, 0.25) is 0 Å². The van der Waals surface area contributed by atoms with Crippen molar-refractivity contribution in [2.75, 3.05) is 11.9 Å². The normalized spacial score (nSPS) is 50.9. The lowest BCUT2D eigenvalue weighted by Crippen LogP contribution is -2.76. The Balaban J connectivity index is 1.78. The summed E-state index contributed by atoms with van der Waals surface area (Å²) >= 11 is 3.24. The maximum absolute atomic E-state index is 14.4. The molecular formula is C19H28BrF3O5. The maximum atomic E-state index is 14.4. The number of hydrogen-bond acceptors (Lipinski definition) is 5. The number of halogens is 4. The van der Waals surface area contributed by atoms with Gasteiger partial charge in [-0.25, -0.2) is 9.78 Å². The Morgan fingerprint density at radius 2 is 1.82 bits per heavy atom. The smallest absolute Gasteiger partial charge is 0.342 e. The Labute approximate surface area is 171 Å². The zero-order valence-electron chi connectivity index (χ0n) is 16.4. The van der Waals surface area contributed by atoms with Crippen LogP contribution in [0.4, 0.5) is 13.2 Å². The lowest BCUT2D eigenvalue weighted by atomic mass is 9.57. The first-order valence-corrected chi connectivity index (χ1v) is 11.2. The van der Waals surface area contributed by atoms with Gasteiger partial charge in [0.05, 0.1) is 6.61 Å². The van der Waals surface area contributed by atoms with Crippen LogP contribution in [0.25, 0.3) is 0 Å². The van der Waals surface area contributed by atoms with Crippen molar-refractivity contribution in [2.24, 2.45) is 23.7 Å².